The minimum absolute atomic E-state index is 0.110. The zero-order chi connectivity index (χ0) is 13.0. The van der Waals surface area contributed by atoms with E-state index in [1.54, 1.807) is 25.4 Å². The molecule has 0 aliphatic rings. The van der Waals surface area contributed by atoms with Crippen molar-refractivity contribution in [1.29, 1.82) is 0 Å². The summed E-state index contributed by atoms with van der Waals surface area (Å²) in [4.78, 5) is 3.99. The highest BCUT2D eigenvalue weighted by Gasteiger charge is 2.05. The summed E-state index contributed by atoms with van der Waals surface area (Å²) in [5, 5.41) is 9.01. The summed E-state index contributed by atoms with van der Waals surface area (Å²) in [7, 11) is 1.61. The summed E-state index contributed by atoms with van der Waals surface area (Å²) < 4.78 is 11.6. The van der Waals surface area contributed by atoms with Crippen molar-refractivity contribution in [2.24, 2.45) is 0 Å². The standard InChI is InChI=1S/C13H12BrNO3/c1-17-10-2-3-13(12(14)7-10)18-11-4-5-15-9(6-11)8-16/h2-7,16H,8H2,1H3. The Bertz CT molecular complexity index is 546. The number of benzene rings is 1. The minimum Gasteiger partial charge on any atom is -0.497 e. The SMILES string of the molecule is COc1ccc(Oc2ccnc(CO)c2)c(Br)c1. The molecular formula is C13H12BrNO3. The van der Waals surface area contributed by atoms with Crippen LogP contribution in [0.1, 0.15) is 5.69 Å². The average Bonchev–Trinajstić information content (AvgIpc) is 2.41. The molecule has 0 bridgehead atoms. The summed E-state index contributed by atoms with van der Waals surface area (Å²) in [6.07, 6.45) is 1.60. The Morgan fingerprint density at radius 2 is 2.06 bits per heavy atom. The smallest absolute Gasteiger partial charge is 0.141 e. The molecule has 0 radical (unpaired) electrons. The molecule has 0 fully saturated rings. The first kappa shape index (κ1) is 12.9. The van der Waals surface area contributed by atoms with E-state index >= 15 is 0 Å². The predicted octanol–water partition coefficient (Wildman–Crippen LogP) is 3.14. The fourth-order valence-corrected chi connectivity index (χ4v) is 1.86. The zero-order valence-electron chi connectivity index (χ0n) is 9.76. The molecule has 0 aliphatic heterocycles. The maximum atomic E-state index is 9.01. The van der Waals surface area contributed by atoms with Crippen LogP contribution in [0.3, 0.4) is 0 Å². The van der Waals surface area contributed by atoms with Gasteiger partial charge in [0.1, 0.15) is 17.2 Å². The Kier molecular flexibility index (Phi) is 4.17. The first-order chi connectivity index (χ1) is 8.72. The monoisotopic (exact) mass is 309 g/mol. The first-order valence-electron chi connectivity index (χ1n) is 5.30. The average molecular weight is 310 g/mol. The third-order valence-corrected chi connectivity index (χ3v) is 2.94. The number of rotatable bonds is 4. The van der Waals surface area contributed by atoms with Gasteiger partial charge >= 0.3 is 0 Å². The molecule has 2 aromatic rings. The maximum Gasteiger partial charge on any atom is 0.141 e. The quantitative estimate of drug-likeness (QED) is 0.942. The summed E-state index contributed by atoms with van der Waals surface area (Å²) in [6, 6.07) is 8.87. The number of methoxy groups -OCH3 is 1. The van der Waals surface area contributed by atoms with Gasteiger partial charge in [-0.25, -0.2) is 0 Å². The molecule has 0 saturated carbocycles. The van der Waals surface area contributed by atoms with Crippen LogP contribution < -0.4 is 9.47 Å². The van der Waals surface area contributed by atoms with Crippen LogP contribution in [0.4, 0.5) is 0 Å². The van der Waals surface area contributed by atoms with Crippen LogP contribution in [0, 0.1) is 0 Å². The molecule has 4 nitrogen and oxygen atoms in total. The van der Waals surface area contributed by atoms with Crippen molar-refractivity contribution in [2.75, 3.05) is 7.11 Å². The lowest BCUT2D eigenvalue weighted by atomic mass is 10.3. The Labute approximate surface area is 113 Å². The number of halogens is 1. The van der Waals surface area contributed by atoms with Gasteiger partial charge in [-0.3, -0.25) is 4.98 Å². The van der Waals surface area contributed by atoms with Crippen molar-refractivity contribution in [3.05, 3.63) is 46.7 Å². The number of hydrogen-bond donors (Lipinski definition) is 1. The summed E-state index contributed by atoms with van der Waals surface area (Å²) >= 11 is 3.41. The zero-order valence-corrected chi connectivity index (χ0v) is 11.3. The molecule has 0 saturated heterocycles. The number of pyridine rings is 1. The first-order valence-corrected chi connectivity index (χ1v) is 6.09. The third-order valence-electron chi connectivity index (χ3n) is 2.32. The second-order valence-electron chi connectivity index (χ2n) is 3.54. The van der Waals surface area contributed by atoms with Gasteiger partial charge in [0.05, 0.1) is 23.9 Å². The third kappa shape index (κ3) is 3.00. The van der Waals surface area contributed by atoms with E-state index in [-0.39, 0.29) is 6.61 Å². The van der Waals surface area contributed by atoms with Crippen LogP contribution in [-0.4, -0.2) is 17.2 Å². The number of nitrogens with zero attached hydrogens (tertiary/aromatic N) is 1. The van der Waals surface area contributed by atoms with Gasteiger partial charge in [-0.15, -0.1) is 0 Å². The molecule has 94 valence electrons. The normalized spacial score (nSPS) is 10.2. The number of aromatic nitrogens is 1. The van der Waals surface area contributed by atoms with Gasteiger partial charge in [-0.2, -0.15) is 0 Å². The van der Waals surface area contributed by atoms with E-state index in [1.165, 1.54) is 0 Å². The van der Waals surface area contributed by atoms with Crippen LogP contribution in [0.15, 0.2) is 41.0 Å². The van der Waals surface area contributed by atoms with Crippen molar-refractivity contribution in [3.8, 4) is 17.2 Å². The van der Waals surface area contributed by atoms with Gasteiger partial charge in [-0.1, -0.05) is 0 Å². The van der Waals surface area contributed by atoms with E-state index in [0.717, 1.165) is 10.2 Å². The Hall–Kier alpha value is -1.59. The van der Waals surface area contributed by atoms with Crippen molar-refractivity contribution in [3.63, 3.8) is 0 Å². The van der Waals surface area contributed by atoms with E-state index in [9.17, 15) is 0 Å². The maximum absolute atomic E-state index is 9.01. The summed E-state index contributed by atoms with van der Waals surface area (Å²) in [5.74, 6) is 2.05. The van der Waals surface area contributed by atoms with Crippen LogP contribution >= 0.6 is 15.9 Å². The lowest BCUT2D eigenvalue weighted by molar-refractivity contribution is 0.276. The molecule has 1 aromatic carbocycles. The summed E-state index contributed by atoms with van der Waals surface area (Å²) in [5.41, 5.74) is 0.567. The van der Waals surface area contributed by atoms with Gasteiger partial charge in [-0.05, 0) is 40.2 Å². The van der Waals surface area contributed by atoms with Crippen molar-refractivity contribution < 1.29 is 14.6 Å². The lowest BCUT2D eigenvalue weighted by Gasteiger charge is -2.09. The minimum atomic E-state index is -0.110. The van der Waals surface area contributed by atoms with E-state index in [4.69, 9.17) is 14.6 Å². The van der Waals surface area contributed by atoms with Gasteiger partial charge < -0.3 is 14.6 Å². The highest BCUT2D eigenvalue weighted by Crippen LogP contribution is 2.32. The van der Waals surface area contributed by atoms with E-state index in [1.807, 2.05) is 18.2 Å². The Morgan fingerprint density at radius 1 is 1.22 bits per heavy atom. The van der Waals surface area contributed by atoms with E-state index < -0.39 is 0 Å². The van der Waals surface area contributed by atoms with Crippen molar-refractivity contribution in [2.45, 2.75) is 6.61 Å². The summed E-state index contributed by atoms with van der Waals surface area (Å²) in [6.45, 7) is -0.110. The molecule has 0 spiro atoms. The Morgan fingerprint density at radius 3 is 2.72 bits per heavy atom. The number of ether oxygens (including phenoxy) is 2. The molecule has 0 atom stereocenters. The second kappa shape index (κ2) is 5.84. The van der Waals surface area contributed by atoms with Crippen molar-refractivity contribution >= 4 is 15.9 Å². The lowest BCUT2D eigenvalue weighted by Crippen LogP contribution is -1.91. The molecular weight excluding hydrogens is 298 g/mol. The highest BCUT2D eigenvalue weighted by atomic mass is 79.9. The largest absolute Gasteiger partial charge is 0.497 e. The van der Waals surface area contributed by atoms with Crippen LogP contribution in [-0.2, 0) is 6.61 Å². The van der Waals surface area contributed by atoms with Gasteiger partial charge in [0.25, 0.3) is 0 Å². The van der Waals surface area contributed by atoms with E-state index in [2.05, 4.69) is 20.9 Å². The molecule has 2 rings (SSSR count). The molecule has 18 heavy (non-hydrogen) atoms. The van der Waals surface area contributed by atoms with Crippen LogP contribution in [0.2, 0.25) is 0 Å². The molecule has 0 aliphatic carbocycles. The molecule has 1 N–H and O–H groups in total. The molecule has 1 heterocycles. The fraction of sp³-hybridized carbons (Fsp3) is 0.154. The van der Waals surface area contributed by atoms with Crippen molar-refractivity contribution in [1.82, 2.24) is 4.98 Å². The van der Waals surface area contributed by atoms with Crippen LogP contribution in [0.5, 0.6) is 17.2 Å². The number of aliphatic hydroxyl groups excluding tert-OH is 1. The van der Waals surface area contributed by atoms with Gasteiger partial charge in [0, 0.05) is 12.3 Å². The molecule has 0 unspecified atom stereocenters. The molecule has 5 heteroatoms. The highest BCUT2D eigenvalue weighted by molar-refractivity contribution is 9.10. The van der Waals surface area contributed by atoms with Gasteiger partial charge in [0.2, 0.25) is 0 Å². The van der Waals surface area contributed by atoms with Crippen LogP contribution in [0.25, 0.3) is 0 Å². The number of hydrogen-bond acceptors (Lipinski definition) is 4. The van der Waals surface area contributed by atoms with E-state index in [0.29, 0.717) is 17.2 Å². The Balaban J connectivity index is 2.22. The topological polar surface area (TPSA) is 51.6 Å². The van der Waals surface area contributed by atoms with Gasteiger partial charge in [0.15, 0.2) is 0 Å². The number of aliphatic hydroxyl groups is 1. The molecule has 1 aromatic heterocycles. The molecule has 0 amide bonds. The fourth-order valence-electron chi connectivity index (χ4n) is 1.42. The second-order valence-corrected chi connectivity index (χ2v) is 4.39. The predicted molar refractivity (Wildman–Crippen MR) is 70.9 cm³/mol.